The molecule has 0 saturated carbocycles. The Morgan fingerprint density at radius 3 is 2.58 bits per heavy atom. The minimum Gasteiger partial charge on any atom is -0.422 e. The molecule has 2 heterocycles. The maximum Gasteiger partial charge on any atom is 0.347 e. The summed E-state index contributed by atoms with van der Waals surface area (Å²) < 4.78 is 11.0. The van der Waals surface area contributed by atoms with Gasteiger partial charge in [0.05, 0.1) is 5.75 Å². The van der Waals surface area contributed by atoms with E-state index in [2.05, 4.69) is 10.2 Å². The third-order valence-electron chi connectivity index (χ3n) is 4.97. The highest BCUT2D eigenvalue weighted by molar-refractivity contribution is 7.99. The maximum absolute atomic E-state index is 12.8. The molecule has 2 aromatic heterocycles. The third-order valence-corrected chi connectivity index (χ3v) is 5.79. The Bertz CT molecular complexity index is 1490. The molecular formula is C24H16N2O4S. The highest BCUT2D eigenvalue weighted by atomic mass is 32.2. The minimum absolute atomic E-state index is 0.00891. The molecule has 0 bridgehead atoms. The largest absolute Gasteiger partial charge is 0.422 e. The molecular weight excluding hydrogens is 412 g/mol. The van der Waals surface area contributed by atoms with E-state index in [0.717, 1.165) is 39.0 Å². The SMILES string of the molecule is Cc1ccc(-c2nnc(SCC(=O)c3cc4c(ccc5ccccc54)oc3=O)o2)cc1. The summed E-state index contributed by atoms with van der Waals surface area (Å²) in [6.07, 6.45) is 0. The summed E-state index contributed by atoms with van der Waals surface area (Å²) in [4.78, 5) is 25.2. The fourth-order valence-corrected chi connectivity index (χ4v) is 4.00. The second-order valence-electron chi connectivity index (χ2n) is 7.10. The molecule has 152 valence electrons. The lowest BCUT2D eigenvalue weighted by Crippen LogP contribution is -2.15. The summed E-state index contributed by atoms with van der Waals surface area (Å²) in [5, 5.41) is 10.9. The van der Waals surface area contributed by atoms with Crippen molar-refractivity contribution in [2.24, 2.45) is 0 Å². The number of hydrogen-bond acceptors (Lipinski definition) is 7. The quantitative estimate of drug-likeness (QED) is 0.163. The van der Waals surface area contributed by atoms with Crippen molar-refractivity contribution in [1.82, 2.24) is 10.2 Å². The first-order chi connectivity index (χ1) is 15.1. The average Bonchev–Trinajstić information content (AvgIpc) is 3.26. The number of carbonyl (C=O) groups excluding carboxylic acids is 1. The van der Waals surface area contributed by atoms with E-state index in [1.54, 1.807) is 12.1 Å². The Morgan fingerprint density at radius 1 is 0.935 bits per heavy atom. The van der Waals surface area contributed by atoms with Gasteiger partial charge in [-0.05, 0) is 42.0 Å². The molecule has 0 unspecified atom stereocenters. The summed E-state index contributed by atoms with van der Waals surface area (Å²) in [6, 6.07) is 20.7. The zero-order chi connectivity index (χ0) is 21.4. The van der Waals surface area contributed by atoms with E-state index in [0.29, 0.717) is 11.5 Å². The van der Waals surface area contributed by atoms with Crippen LogP contribution in [0.4, 0.5) is 0 Å². The molecule has 0 spiro atoms. The lowest BCUT2D eigenvalue weighted by atomic mass is 10.0. The van der Waals surface area contributed by atoms with Crippen LogP contribution < -0.4 is 5.63 Å². The molecule has 0 amide bonds. The van der Waals surface area contributed by atoms with Crippen LogP contribution >= 0.6 is 11.8 Å². The number of aromatic nitrogens is 2. The Hall–Kier alpha value is -3.71. The minimum atomic E-state index is -0.653. The van der Waals surface area contributed by atoms with Crippen LogP contribution in [0, 0.1) is 6.92 Å². The highest BCUT2D eigenvalue weighted by Crippen LogP contribution is 2.27. The number of rotatable bonds is 5. The van der Waals surface area contributed by atoms with Gasteiger partial charge in [0, 0.05) is 10.9 Å². The maximum atomic E-state index is 12.8. The molecule has 0 aliphatic carbocycles. The van der Waals surface area contributed by atoms with Crippen LogP contribution in [0.5, 0.6) is 0 Å². The number of benzene rings is 3. The summed E-state index contributed by atoms with van der Waals surface area (Å²) in [5.74, 6) is 0.00614. The second kappa shape index (κ2) is 7.85. The molecule has 0 aliphatic rings. The Morgan fingerprint density at radius 2 is 1.74 bits per heavy atom. The van der Waals surface area contributed by atoms with E-state index in [4.69, 9.17) is 8.83 Å². The topological polar surface area (TPSA) is 86.2 Å². The van der Waals surface area contributed by atoms with E-state index < -0.39 is 5.63 Å². The number of Topliss-reactive ketones (excluding diaryl/α,β-unsaturated/α-hetero) is 1. The van der Waals surface area contributed by atoms with Gasteiger partial charge in [0.25, 0.3) is 5.22 Å². The van der Waals surface area contributed by atoms with Gasteiger partial charge in [-0.15, -0.1) is 10.2 Å². The van der Waals surface area contributed by atoms with Crippen molar-refractivity contribution < 1.29 is 13.6 Å². The predicted octanol–water partition coefficient (Wildman–Crippen LogP) is 5.28. The van der Waals surface area contributed by atoms with Crippen molar-refractivity contribution in [2.45, 2.75) is 12.1 Å². The van der Waals surface area contributed by atoms with Crippen LogP contribution in [0.3, 0.4) is 0 Å². The number of ketones is 1. The first-order valence-corrected chi connectivity index (χ1v) is 10.6. The van der Waals surface area contributed by atoms with Crippen molar-refractivity contribution >= 4 is 39.3 Å². The number of hydrogen-bond donors (Lipinski definition) is 0. The normalized spacial score (nSPS) is 11.3. The van der Waals surface area contributed by atoms with Crippen molar-refractivity contribution in [3.8, 4) is 11.5 Å². The van der Waals surface area contributed by atoms with E-state index >= 15 is 0 Å². The summed E-state index contributed by atoms with van der Waals surface area (Å²) in [5.41, 5.74) is 1.74. The van der Waals surface area contributed by atoms with Crippen molar-refractivity contribution in [1.29, 1.82) is 0 Å². The van der Waals surface area contributed by atoms with Crippen molar-refractivity contribution in [3.63, 3.8) is 0 Å². The van der Waals surface area contributed by atoms with Crippen LogP contribution in [0.2, 0.25) is 0 Å². The van der Waals surface area contributed by atoms with Gasteiger partial charge in [0.15, 0.2) is 5.78 Å². The summed E-state index contributed by atoms with van der Waals surface area (Å²) in [7, 11) is 0. The van der Waals surface area contributed by atoms with Gasteiger partial charge in [0.2, 0.25) is 5.89 Å². The lowest BCUT2D eigenvalue weighted by molar-refractivity contribution is 0.101. The Kier molecular flexibility index (Phi) is 4.88. The molecule has 0 radical (unpaired) electrons. The molecule has 6 nitrogen and oxygen atoms in total. The zero-order valence-corrected chi connectivity index (χ0v) is 17.3. The number of aryl methyl sites for hydroxylation is 1. The zero-order valence-electron chi connectivity index (χ0n) is 16.5. The number of thioether (sulfide) groups is 1. The number of nitrogens with zero attached hydrogens (tertiary/aromatic N) is 2. The molecule has 0 saturated heterocycles. The monoisotopic (exact) mass is 428 g/mol. The van der Waals surface area contributed by atoms with Gasteiger partial charge in [-0.2, -0.15) is 0 Å². The third kappa shape index (κ3) is 3.75. The summed E-state index contributed by atoms with van der Waals surface area (Å²) >= 11 is 1.09. The van der Waals surface area contributed by atoms with Gasteiger partial charge < -0.3 is 8.83 Å². The van der Waals surface area contributed by atoms with E-state index in [9.17, 15) is 9.59 Å². The predicted molar refractivity (Wildman–Crippen MR) is 120 cm³/mol. The molecule has 31 heavy (non-hydrogen) atoms. The van der Waals surface area contributed by atoms with Gasteiger partial charge in [0.1, 0.15) is 11.1 Å². The molecule has 5 aromatic rings. The van der Waals surface area contributed by atoms with Crippen LogP contribution in [0.15, 0.2) is 85.6 Å². The molecule has 0 atom stereocenters. The van der Waals surface area contributed by atoms with Crippen LogP contribution in [-0.4, -0.2) is 21.7 Å². The Balaban J connectivity index is 1.39. The van der Waals surface area contributed by atoms with Crippen molar-refractivity contribution in [2.75, 3.05) is 5.75 Å². The molecule has 0 N–H and O–H groups in total. The first-order valence-electron chi connectivity index (χ1n) is 9.61. The molecule has 3 aromatic carbocycles. The molecule has 5 rings (SSSR count). The standard InChI is InChI=1S/C24H16N2O4S/c1-14-6-8-16(9-7-14)22-25-26-24(30-22)31-13-20(27)19-12-18-17-5-3-2-4-15(17)10-11-21(18)29-23(19)28/h2-12H,13H2,1H3. The Labute approximate surface area is 180 Å². The second-order valence-corrected chi connectivity index (χ2v) is 8.02. The number of fused-ring (bicyclic) bond motifs is 3. The van der Waals surface area contributed by atoms with E-state index in [1.165, 1.54) is 0 Å². The van der Waals surface area contributed by atoms with E-state index in [-0.39, 0.29) is 22.3 Å². The van der Waals surface area contributed by atoms with Crippen LogP contribution in [-0.2, 0) is 0 Å². The van der Waals surface area contributed by atoms with Gasteiger partial charge in [-0.1, -0.05) is 59.8 Å². The molecule has 7 heteroatoms. The average molecular weight is 428 g/mol. The molecule has 0 fully saturated rings. The fourth-order valence-electron chi connectivity index (χ4n) is 3.35. The smallest absolute Gasteiger partial charge is 0.347 e. The van der Waals surface area contributed by atoms with Gasteiger partial charge in [-0.25, -0.2) is 4.79 Å². The number of carbonyl (C=O) groups is 1. The van der Waals surface area contributed by atoms with Crippen molar-refractivity contribution in [3.05, 3.63) is 88.3 Å². The van der Waals surface area contributed by atoms with Crippen LogP contribution in [0.1, 0.15) is 15.9 Å². The van der Waals surface area contributed by atoms with Crippen LogP contribution in [0.25, 0.3) is 33.2 Å². The summed E-state index contributed by atoms with van der Waals surface area (Å²) in [6.45, 7) is 2.00. The van der Waals surface area contributed by atoms with Gasteiger partial charge >= 0.3 is 5.63 Å². The fraction of sp³-hybridized carbons (Fsp3) is 0.0833. The van der Waals surface area contributed by atoms with E-state index in [1.807, 2.05) is 61.5 Å². The molecule has 0 aliphatic heterocycles. The lowest BCUT2D eigenvalue weighted by Gasteiger charge is -2.04. The first kappa shape index (κ1) is 19.3. The highest BCUT2D eigenvalue weighted by Gasteiger charge is 2.17. The van der Waals surface area contributed by atoms with Gasteiger partial charge in [-0.3, -0.25) is 4.79 Å².